The number of nitriles is 1. The van der Waals surface area contributed by atoms with Gasteiger partial charge in [-0.25, -0.2) is 9.50 Å². The first-order valence-electron chi connectivity index (χ1n) is 9.03. The summed E-state index contributed by atoms with van der Waals surface area (Å²) in [6.07, 6.45) is 3.87. The van der Waals surface area contributed by atoms with Crippen molar-refractivity contribution in [3.8, 4) is 6.07 Å². The van der Waals surface area contributed by atoms with E-state index >= 15 is 0 Å². The summed E-state index contributed by atoms with van der Waals surface area (Å²) < 4.78 is 1.88. The van der Waals surface area contributed by atoms with Crippen LogP contribution in [0.25, 0.3) is 5.78 Å². The number of aromatic nitrogens is 4. The van der Waals surface area contributed by atoms with Gasteiger partial charge in [-0.2, -0.15) is 15.3 Å². The Hall–Kier alpha value is -2.78. The standard InChI is InChI=1S/C20H22N6/c1-14-5-6-16(9-18(14)10-21)11-25-7-3-4-17(12-25)19-8-15(2)24-20-22-13-23-26(19)20/h5-6,8-9,13,17H,3-4,7,11-12H2,1-2H3. The van der Waals surface area contributed by atoms with Crippen LogP contribution in [0.1, 0.15) is 46.8 Å². The van der Waals surface area contributed by atoms with E-state index in [1.165, 1.54) is 11.3 Å². The maximum Gasteiger partial charge on any atom is 0.252 e. The monoisotopic (exact) mass is 346 g/mol. The van der Waals surface area contributed by atoms with Gasteiger partial charge in [0.05, 0.1) is 17.3 Å². The van der Waals surface area contributed by atoms with Crippen LogP contribution in [0.3, 0.4) is 0 Å². The third-order valence-corrected chi connectivity index (χ3v) is 5.16. The maximum atomic E-state index is 9.26. The molecular weight excluding hydrogens is 324 g/mol. The first-order chi connectivity index (χ1) is 12.6. The van der Waals surface area contributed by atoms with E-state index in [0.29, 0.717) is 11.7 Å². The van der Waals surface area contributed by atoms with Crippen molar-refractivity contribution in [3.05, 3.63) is 58.7 Å². The first-order valence-corrected chi connectivity index (χ1v) is 9.03. The summed E-state index contributed by atoms with van der Waals surface area (Å²) in [7, 11) is 0. The fraction of sp³-hybridized carbons (Fsp3) is 0.400. The van der Waals surface area contributed by atoms with E-state index in [-0.39, 0.29) is 0 Å². The summed E-state index contributed by atoms with van der Waals surface area (Å²) >= 11 is 0. The highest BCUT2D eigenvalue weighted by atomic mass is 15.3. The molecule has 0 radical (unpaired) electrons. The highest BCUT2D eigenvalue weighted by molar-refractivity contribution is 5.39. The van der Waals surface area contributed by atoms with Gasteiger partial charge in [-0.05, 0) is 56.5 Å². The van der Waals surface area contributed by atoms with E-state index in [9.17, 15) is 5.26 Å². The molecule has 0 aliphatic carbocycles. The summed E-state index contributed by atoms with van der Waals surface area (Å²) in [5, 5.41) is 13.6. The number of piperidine rings is 1. The number of rotatable bonds is 3. The Morgan fingerprint density at radius 1 is 1.27 bits per heavy atom. The Balaban J connectivity index is 1.56. The third kappa shape index (κ3) is 3.18. The second kappa shape index (κ2) is 6.85. The van der Waals surface area contributed by atoms with Crippen LogP contribution < -0.4 is 0 Å². The summed E-state index contributed by atoms with van der Waals surface area (Å²) in [4.78, 5) is 11.2. The number of fused-ring (bicyclic) bond motifs is 1. The number of nitrogens with zero attached hydrogens (tertiary/aromatic N) is 6. The molecule has 3 heterocycles. The SMILES string of the molecule is Cc1cc(C2CCCN(Cc3ccc(C)c(C#N)c3)C2)n2ncnc2n1. The van der Waals surface area contributed by atoms with Gasteiger partial charge in [0.2, 0.25) is 0 Å². The molecule has 6 nitrogen and oxygen atoms in total. The summed E-state index contributed by atoms with van der Waals surface area (Å²) in [5.41, 5.74) is 5.18. The second-order valence-electron chi connectivity index (χ2n) is 7.13. The maximum absolute atomic E-state index is 9.26. The minimum Gasteiger partial charge on any atom is -0.298 e. The van der Waals surface area contributed by atoms with Crippen molar-refractivity contribution in [1.29, 1.82) is 5.26 Å². The zero-order chi connectivity index (χ0) is 18.1. The summed E-state index contributed by atoms with van der Waals surface area (Å²) in [6, 6.07) is 10.6. The van der Waals surface area contributed by atoms with Crippen LogP contribution in [0.4, 0.5) is 0 Å². The highest BCUT2D eigenvalue weighted by Gasteiger charge is 2.24. The van der Waals surface area contributed by atoms with E-state index < -0.39 is 0 Å². The topological polar surface area (TPSA) is 70.1 Å². The zero-order valence-corrected chi connectivity index (χ0v) is 15.2. The Labute approximate surface area is 153 Å². The van der Waals surface area contributed by atoms with Crippen LogP contribution >= 0.6 is 0 Å². The van der Waals surface area contributed by atoms with Gasteiger partial charge in [0.25, 0.3) is 5.78 Å². The van der Waals surface area contributed by atoms with Gasteiger partial charge in [-0.3, -0.25) is 4.90 Å². The molecule has 1 saturated heterocycles. The normalized spacial score (nSPS) is 18.1. The van der Waals surface area contributed by atoms with E-state index in [4.69, 9.17) is 0 Å². The largest absolute Gasteiger partial charge is 0.298 e. The predicted molar refractivity (Wildman–Crippen MR) is 98.7 cm³/mol. The van der Waals surface area contributed by atoms with Gasteiger partial charge in [0.1, 0.15) is 6.33 Å². The van der Waals surface area contributed by atoms with Crippen LogP contribution in [0.5, 0.6) is 0 Å². The molecule has 0 spiro atoms. The van der Waals surface area contributed by atoms with E-state index in [0.717, 1.165) is 49.3 Å². The van der Waals surface area contributed by atoms with Gasteiger partial charge in [-0.1, -0.05) is 12.1 Å². The van der Waals surface area contributed by atoms with Crippen molar-refractivity contribution >= 4 is 5.78 Å². The number of benzene rings is 1. The van der Waals surface area contributed by atoms with Crippen molar-refractivity contribution in [2.75, 3.05) is 13.1 Å². The lowest BCUT2D eigenvalue weighted by Crippen LogP contribution is -2.34. The Kier molecular flexibility index (Phi) is 4.39. The van der Waals surface area contributed by atoms with Gasteiger partial charge in [0.15, 0.2) is 0 Å². The minimum atomic E-state index is 0.413. The summed E-state index contributed by atoms with van der Waals surface area (Å²) in [5.74, 6) is 1.09. The number of hydrogen-bond acceptors (Lipinski definition) is 5. The molecule has 6 heteroatoms. The molecule has 1 unspecified atom stereocenters. The average Bonchev–Trinajstić information content (AvgIpc) is 3.11. The molecule has 1 aliphatic heterocycles. The first kappa shape index (κ1) is 16.7. The molecule has 26 heavy (non-hydrogen) atoms. The molecule has 3 aromatic rings. The highest BCUT2D eigenvalue weighted by Crippen LogP contribution is 2.28. The second-order valence-corrected chi connectivity index (χ2v) is 7.13. The van der Waals surface area contributed by atoms with Crippen molar-refractivity contribution in [1.82, 2.24) is 24.5 Å². The minimum absolute atomic E-state index is 0.413. The van der Waals surface area contributed by atoms with Gasteiger partial charge >= 0.3 is 0 Å². The molecule has 1 atom stereocenters. The van der Waals surface area contributed by atoms with Gasteiger partial charge in [0, 0.05) is 24.7 Å². The molecule has 0 bridgehead atoms. The van der Waals surface area contributed by atoms with Crippen molar-refractivity contribution in [2.24, 2.45) is 0 Å². The van der Waals surface area contributed by atoms with E-state index in [2.05, 4.69) is 38.2 Å². The van der Waals surface area contributed by atoms with Crippen LogP contribution in [0, 0.1) is 25.2 Å². The van der Waals surface area contributed by atoms with Crippen molar-refractivity contribution < 1.29 is 0 Å². The molecular formula is C20H22N6. The van der Waals surface area contributed by atoms with Crippen LogP contribution in [0.15, 0.2) is 30.6 Å². The quantitative estimate of drug-likeness (QED) is 0.729. The van der Waals surface area contributed by atoms with Crippen LogP contribution in [-0.4, -0.2) is 37.6 Å². The Bertz CT molecular complexity index is 984. The van der Waals surface area contributed by atoms with Crippen LogP contribution in [-0.2, 0) is 6.54 Å². The van der Waals surface area contributed by atoms with Crippen molar-refractivity contribution in [2.45, 2.75) is 39.2 Å². The molecule has 2 aromatic heterocycles. The Morgan fingerprint density at radius 3 is 3.00 bits per heavy atom. The van der Waals surface area contributed by atoms with Crippen LogP contribution in [0.2, 0.25) is 0 Å². The van der Waals surface area contributed by atoms with E-state index in [1.807, 2.05) is 30.5 Å². The smallest absolute Gasteiger partial charge is 0.252 e. The van der Waals surface area contributed by atoms with Crippen molar-refractivity contribution in [3.63, 3.8) is 0 Å². The van der Waals surface area contributed by atoms with Gasteiger partial charge in [-0.15, -0.1) is 0 Å². The molecule has 1 aromatic carbocycles. The molecule has 132 valence electrons. The molecule has 0 saturated carbocycles. The number of likely N-dealkylation sites (tertiary alicyclic amines) is 1. The molecule has 0 N–H and O–H groups in total. The molecule has 4 rings (SSSR count). The fourth-order valence-corrected chi connectivity index (χ4v) is 3.84. The molecule has 1 aliphatic rings. The summed E-state index contributed by atoms with van der Waals surface area (Å²) in [6.45, 7) is 6.92. The lowest BCUT2D eigenvalue weighted by molar-refractivity contribution is 0.197. The Morgan fingerprint density at radius 2 is 2.15 bits per heavy atom. The average molecular weight is 346 g/mol. The van der Waals surface area contributed by atoms with Gasteiger partial charge < -0.3 is 0 Å². The lowest BCUT2D eigenvalue weighted by Gasteiger charge is -2.33. The lowest BCUT2D eigenvalue weighted by atomic mass is 9.93. The molecule has 1 fully saturated rings. The van der Waals surface area contributed by atoms with E-state index in [1.54, 1.807) is 6.33 Å². The predicted octanol–water partition coefficient (Wildman–Crippen LogP) is 2.99. The number of aryl methyl sites for hydroxylation is 2. The molecule has 0 amide bonds. The fourth-order valence-electron chi connectivity index (χ4n) is 3.84. The number of hydrogen-bond donors (Lipinski definition) is 0. The third-order valence-electron chi connectivity index (χ3n) is 5.16. The zero-order valence-electron chi connectivity index (χ0n) is 15.2.